The molecule has 1 aromatic carbocycles. The average Bonchev–Trinajstić information content (AvgIpc) is 2.33. The van der Waals surface area contributed by atoms with E-state index in [0.29, 0.717) is 0 Å². The van der Waals surface area contributed by atoms with Gasteiger partial charge in [-0.3, -0.25) is 5.14 Å². The monoisotopic (exact) mass is 244 g/mol. The maximum absolute atomic E-state index is 5.41. The first-order valence-corrected chi connectivity index (χ1v) is 7.34. The number of nitrogens with two attached hydrogens (primary N) is 1. The summed E-state index contributed by atoms with van der Waals surface area (Å²) in [6.07, 6.45) is 2.11. The van der Waals surface area contributed by atoms with Crippen molar-refractivity contribution < 1.29 is 0 Å². The molecule has 0 aliphatic rings. The summed E-state index contributed by atoms with van der Waals surface area (Å²) in [4.78, 5) is 1.09. The van der Waals surface area contributed by atoms with Gasteiger partial charge in [0.2, 0.25) is 0 Å². The molecule has 0 aliphatic heterocycles. The van der Waals surface area contributed by atoms with Crippen LogP contribution in [0.15, 0.2) is 29.2 Å². The van der Waals surface area contributed by atoms with E-state index < -0.39 is 0 Å². The van der Waals surface area contributed by atoms with Crippen LogP contribution >= 0.6 is 23.7 Å². The predicted molar refractivity (Wildman–Crippen MR) is 74.7 cm³/mol. The van der Waals surface area contributed by atoms with E-state index in [-0.39, 0.29) is 0 Å². The van der Waals surface area contributed by atoms with E-state index in [1.807, 2.05) is 37.7 Å². The molecule has 0 unspecified atom stereocenters. The number of hydrogen-bond donors (Lipinski definition) is 2. The highest BCUT2D eigenvalue weighted by molar-refractivity contribution is 7.98. The zero-order valence-electron chi connectivity index (χ0n) is 9.62. The molecule has 86 valence electrons. The summed E-state index contributed by atoms with van der Waals surface area (Å²) in [6.45, 7) is 5.01. The van der Waals surface area contributed by atoms with Crippen LogP contribution < -0.4 is 10.5 Å². The molecule has 15 heavy (non-hydrogen) atoms. The van der Waals surface area contributed by atoms with Crippen molar-refractivity contribution in [2.24, 2.45) is 5.14 Å². The quantitative estimate of drug-likeness (QED) is 0.614. The third-order valence-corrected chi connectivity index (χ3v) is 2.78. The summed E-state index contributed by atoms with van der Waals surface area (Å²) in [6, 6.07) is 8.14. The lowest BCUT2D eigenvalue weighted by Crippen LogP contribution is -2.03. The normalized spacial score (nSPS) is 9.07. The second kappa shape index (κ2) is 10.2. The number of thioether (sulfide) groups is 1. The zero-order valence-corrected chi connectivity index (χ0v) is 11.3. The first-order valence-electron chi connectivity index (χ1n) is 5.06. The molecule has 0 radical (unpaired) electrons. The topological polar surface area (TPSA) is 38.0 Å². The summed E-state index contributed by atoms with van der Waals surface area (Å²) in [5.41, 5.74) is 1.16. The summed E-state index contributed by atoms with van der Waals surface area (Å²) < 4.78 is 0. The van der Waals surface area contributed by atoms with Gasteiger partial charge in [-0.1, -0.05) is 13.8 Å². The van der Waals surface area contributed by atoms with Gasteiger partial charge in [0.05, 0.1) is 0 Å². The van der Waals surface area contributed by atoms with Crippen molar-refractivity contribution in [3.8, 4) is 0 Å². The molecule has 0 spiro atoms. The predicted octanol–water partition coefficient (Wildman–Crippen LogP) is 3.45. The molecule has 4 heteroatoms. The van der Waals surface area contributed by atoms with Crippen LogP contribution in [0.3, 0.4) is 0 Å². The van der Waals surface area contributed by atoms with Gasteiger partial charge in [-0.05, 0) is 42.5 Å². The van der Waals surface area contributed by atoms with Gasteiger partial charge in [-0.25, -0.2) is 0 Å². The van der Waals surface area contributed by atoms with Crippen molar-refractivity contribution in [1.82, 2.24) is 0 Å². The number of rotatable bonds is 5. The Morgan fingerprint density at radius 1 is 1.20 bits per heavy atom. The summed E-state index contributed by atoms with van der Waals surface area (Å²) in [7, 11) is 0. The van der Waals surface area contributed by atoms with Crippen LogP contribution in [0.2, 0.25) is 0 Å². The number of nitrogens with one attached hydrogen (secondary N) is 1. The molecule has 0 aromatic heterocycles. The smallest absolute Gasteiger partial charge is 0.0341 e. The third-order valence-electron chi connectivity index (χ3n) is 1.63. The first kappa shape index (κ1) is 14.7. The molecule has 0 bridgehead atoms. The summed E-state index contributed by atoms with van der Waals surface area (Å²) in [5, 5.41) is 8.74. The molecule has 0 heterocycles. The van der Waals surface area contributed by atoms with Gasteiger partial charge in [0, 0.05) is 22.9 Å². The third kappa shape index (κ3) is 6.71. The van der Waals surface area contributed by atoms with Crippen LogP contribution in [-0.4, -0.2) is 18.6 Å². The van der Waals surface area contributed by atoms with E-state index in [1.165, 1.54) is 11.9 Å². The molecular weight excluding hydrogens is 224 g/mol. The first-order chi connectivity index (χ1) is 7.36. The lowest BCUT2D eigenvalue weighted by atomic mass is 10.3. The standard InChI is InChI=1S/C9H14N2S2.C2H6/c1-12-7-6-11-8-2-4-9(13-10)5-3-8;1-2/h2-5,11H,6-7,10H2,1H3;1-2H3. The van der Waals surface area contributed by atoms with Gasteiger partial charge in [-0.2, -0.15) is 11.8 Å². The Labute approximate surface area is 102 Å². The van der Waals surface area contributed by atoms with Gasteiger partial charge < -0.3 is 5.32 Å². The van der Waals surface area contributed by atoms with Crippen molar-refractivity contribution >= 4 is 29.4 Å². The minimum Gasteiger partial charge on any atom is -0.384 e. The molecule has 1 aromatic rings. The molecule has 0 saturated carbocycles. The van der Waals surface area contributed by atoms with E-state index in [1.54, 1.807) is 0 Å². The van der Waals surface area contributed by atoms with Crippen molar-refractivity contribution in [3.63, 3.8) is 0 Å². The zero-order chi connectivity index (χ0) is 11.5. The van der Waals surface area contributed by atoms with E-state index in [4.69, 9.17) is 5.14 Å². The van der Waals surface area contributed by atoms with Crippen LogP contribution in [0.1, 0.15) is 13.8 Å². The number of anilines is 1. The van der Waals surface area contributed by atoms with Crippen LogP contribution in [0.5, 0.6) is 0 Å². The summed E-state index contributed by atoms with van der Waals surface area (Å²) in [5.74, 6) is 1.13. The van der Waals surface area contributed by atoms with Crippen molar-refractivity contribution in [2.45, 2.75) is 18.7 Å². The van der Waals surface area contributed by atoms with E-state index in [2.05, 4.69) is 23.7 Å². The van der Waals surface area contributed by atoms with Gasteiger partial charge in [-0.15, -0.1) is 0 Å². The van der Waals surface area contributed by atoms with Gasteiger partial charge in [0.1, 0.15) is 0 Å². The Kier molecular flexibility index (Phi) is 9.99. The van der Waals surface area contributed by atoms with E-state index in [9.17, 15) is 0 Å². The second-order valence-electron chi connectivity index (χ2n) is 2.56. The maximum atomic E-state index is 5.41. The summed E-state index contributed by atoms with van der Waals surface area (Å²) >= 11 is 3.12. The lowest BCUT2D eigenvalue weighted by Gasteiger charge is -2.05. The Morgan fingerprint density at radius 3 is 2.27 bits per heavy atom. The van der Waals surface area contributed by atoms with Crippen LogP contribution in [0.4, 0.5) is 5.69 Å². The van der Waals surface area contributed by atoms with Crippen LogP contribution in [0, 0.1) is 0 Å². The second-order valence-corrected chi connectivity index (χ2v) is 4.25. The molecule has 0 atom stereocenters. The van der Waals surface area contributed by atoms with Gasteiger partial charge >= 0.3 is 0 Å². The Morgan fingerprint density at radius 2 is 1.80 bits per heavy atom. The Balaban J connectivity index is 0.000000921. The van der Waals surface area contributed by atoms with Crippen molar-refractivity contribution in [2.75, 3.05) is 23.9 Å². The lowest BCUT2D eigenvalue weighted by molar-refractivity contribution is 1.22. The number of benzene rings is 1. The Bertz CT molecular complexity index is 237. The molecule has 2 nitrogen and oxygen atoms in total. The highest BCUT2D eigenvalue weighted by Gasteiger charge is 1.92. The van der Waals surface area contributed by atoms with Crippen LogP contribution in [0.25, 0.3) is 0 Å². The molecule has 1 rings (SSSR count). The fourth-order valence-electron chi connectivity index (χ4n) is 0.949. The fourth-order valence-corrected chi connectivity index (χ4v) is 1.55. The molecular formula is C11H20N2S2. The van der Waals surface area contributed by atoms with Crippen LogP contribution in [-0.2, 0) is 0 Å². The molecule has 0 amide bonds. The number of hydrogen-bond acceptors (Lipinski definition) is 4. The fraction of sp³-hybridized carbons (Fsp3) is 0.455. The SMILES string of the molecule is CC.CSCCNc1ccc(SN)cc1. The van der Waals surface area contributed by atoms with Crippen molar-refractivity contribution in [3.05, 3.63) is 24.3 Å². The highest BCUT2D eigenvalue weighted by atomic mass is 32.2. The van der Waals surface area contributed by atoms with E-state index in [0.717, 1.165) is 22.9 Å². The van der Waals surface area contributed by atoms with Gasteiger partial charge in [0.25, 0.3) is 0 Å². The average molecular weight is 244 g/mol. The largest absolute Gasteiger partial charge is 0.384 e. The van der Waals surface area contributed by atoms with Crippen molar-refractivity contribution in [1.29, 1.82) is 0 Å². The van der Waals surface area contributed by atoms with E-state index >= 15 is 0 Å². The molecule has 0 saturated heterocycles. The highest BCUT2D eigenvalue weighted by Crippen LogP contribution is 2.15. The minimum atomic E-state index is 1.01. The maximum Gasteiger partial charge on any atom is 0.0341 e. The minimum absolute atomic E-state index is 1.01. The van der Waals surface area contributed by atoms with Gasteiger partial charge in [0.15, 0.2) is 0 Å². The molecule has 3 N–H and O–H groups in total. The Hall–Kier alpha value is -0.320. The molecule has 0 fully saturated rings. The molecule has 0 aliphatic carbocycles.